The second-order valence-electron chi connectivity index (χ2n) is 11.8. The molecule has 0 unspecified atom stereocenters. The molecule has 10 heteroatoms. The van der Waals surface area contributed by atoms with Gasteiger partial charge in [0.1, 0.15) is 17.7 Å². The topological polar surface area (TPSA) is 145 Å². The molecular weight excluding hydrogens is 510 g/mol. The van der Waals surface area contributed by atoms with Crippen molar-refractivity contribution in [1.29, 1.82) is 0 Å². The van der Waals surface area contributed by atoms with E-state index in [4.69, 9.17) is 4.74 Å². The van der Waals surface area contributed by atoms with Crippen LogP contribution in [0.25, 0.3) is 0 Å². The van der Waals surface area contributed by atoms with Gasteiger partial charge in [-0.25, -0.2) is 9.78 Å². The van der Waals surface area contributed by atoms with Crippen LogP contribution in [0.4, 0.5) is 4.79 Å². The Morgan fingerprint density at radius 2 is 1.65 bits per heavy atom. The van der Waals surface area contributed by atoms with E-state index in [1.165, 1.54) is 12.7 Å². The van der Waals surface area contributed by atoms with Gasteiger partial charge < -0.3 is 30.8 Å². The molecule has 0 aliphatic heterocycles. The third-order valence-corrected chi connectivity index (χ3v) is 7.12. The molecule has 1 aromatic carbocycles. The highest BCUT2D eigenvalue weighted by atomic mass is 16.6. The summed E-state index contributed by atoms with van der Waals surface area (Å²) in [6.07, 6.45) is 8.43. The van der Waals surface area contributed by atoms with Crippen molar-refractivity contribution in [3.8, 4) is 0 Å². The fourth-order valence-corrected chi connectivity index (χ4v) is 5.05. The first-order valence-electron chi connectivity index (χ1n) is 14.3. The lowest BCUT2D eigenvalue weighted by atomic mass is 9.84. The summed E-state index contributed by atoms with van der Waals surface area (Å²) in [4.78, 5) is 46.8. The number of rotatable bonds is 12. The van der Waals surface area contributed by atoms with Crippen LogP contribution in [0.15, 0.2) is 42.9 Å². The number of amides is 3. The molecule has 1 fully saturated rings. The number of aromatic nitrogens is 2. The predicted octanol–water partition coefficient (Wildman–Crippen LogP) is 3.41. The second-order valence-corrected chi connectivity index (χ2v) is 11.8. The van der Waals surface area contributed by atoms with Gasteiger partial charge in [-0.15, -0.1) is 0 Å². The molecule has 0 spiro atoms. The van der Waals surface area contributed by atoms with Gasteiger partial charge in [-0.1, -0.05) is 62.4 Å². The number of aliphatic hydroxyl groups excluding tert-OH is 1. The number of hydrogen-bond acceptors (Lipinski definition) is 6. The van der Waals surface area contributed by atoms with Gasteiger partial charge in [0.05, 0.1) is 18.5 Å². The van der Waals surface area contributed by atoms with Gasteiger partial charge in [0.15, 0.2) is 0 Å². The first-order chi connectivity index (χ1) is 19.0. The van der Waals surface area contributed by atoms with E-state index in [2.05, 4.69) is 25.9 Å². The molecular formula is C30H45N5O5. The zero-order valence-electron chi connectivity index (χ0n) is 24.1. The lowest BCUT2D eigenvalue weighted by Crippen LogP contribution is -2.57. The number of H-pyrrole nitrogens is 1. The molecule has 40 heavy (non-hydrogen) atoms. The van der Waals surface area contributed by atoms with Gasteiger partial charge in [-0.05, 0) is 45.6 Å². The smallest absolute Gasteiger partial charge is 0.408 e. The zero-order valence-corrected chi connectivity index (χ0v) is 24.1. The van der Waals surface area contributed by atoms with Crippen molar-refractivity contribution in [1.82, 2.24) is 25.9 Å². The maximum atomic E-state index is 13.6. The number of imidazole rings is 1. The van der Waals surface area contributed by atoms with Crippen molar-refractivity contribution in [2.24, 2.45) is 5.92 Å². The van der Waals surface area contributed by atoms with E-state index < -0.39 is 47.7 Å². The van der Waals surface area contributed by atoms with E-state index in [1.54, 1.807) is 33.9 Å². The van der Waals surface area contributed by atoms with Crippen LogP contribution in [-0.4, -0.2) is 62.8 Å². The SMILES string of the molecule is C[C@H](O)[C@H](CC1CCCCC1)NC(=O)[C@H](Cc1cnc[nH]1)NC(=O)[C@H](Cc1ccccc1)NC(=O)OC(C)(C)C. The average molecular weight is 556 g/mol. The Bertz CT molecular complexity index is 1060. The monoisotopic (exact) mass is 555 g/mol. The number of hydrogen-bond donors (Lipinski definition) is 5. The quantitative estimate of drug-likeness (QED) is 0.271. The van der Waals surface area contributed by atoms with Gasteiger partial charge in [0.25, 0.3) is 0 Å². The van der Waals surface area contributed by atoms with E-state index in [9.17, 15) is 19.5 Å². The number of carbonyl (C=O) groups excluding carboxylic acids is 3. The van der Waals surface area contributed by atoms with Crippen LogP contribution in [0.3, 0.4) is 0 Å². The molecule has 1 saturated carbocycles. The number of aliphatic hydroxyl groups is 1. The molecule has 1 aliphatic carbocycles. The van der Waals surface area contributed by atoms with Gasteiger partial charge in [-0.2, -0.15) is 0 Å². The molecule has 3 rings (SSSR count). The summed E-state index contributed by atoms with van der Waals surface area (Å²) in [5, 5.41) is 19.0. The maximum Gasteiger partial charge on any atom is 0.408 e. The highest BCUT2D eigenvalue weighted by molar-refractivity contribution is 5.91. The molecule has 0 radical (unpaired) electrons. The van der Waals surface area contributed by atoms with E-state index in [0.717, 1.165) is 31.2 Å². The summed E-state index contributed by atoms with van der Waals surface area (Å²) in [6.45, 7) is 6.91. The lowest BCUT2D eigenvalue weighted by molar-refractivity contribution is -0.130. The highest BCUT2D eigenvalue weighted by Crippen LogP contribution is 2.28. The van der Waals surface area contributed by atoms with E-state index in [-0.39, 0.29) is 12.8 Å². The molecule has 0 saturated heterocycles. The summed E-state index contributed by atoms with van der Waals surface area (Å²) in [7, 11) is 0. The molecule has 2 aromatic rings. The Labute approximate surface area is 237 Å². The standard InChI is InChI=1S/C30H45N5O5/c1-20(36)24(15-21-11-7-5-8-12-21)33-28(38)26(17-23-18-31-19-32-23)34-27(37)25(16-22-13-9-6-10-14-22)35-29(39)40-30(2,3)4/h6,9-10,13-14,18-21,24-26,36H,5,7-8,11-12,15-17H2,1-4H3,(H,31,32)(H,33,38)(H,34,37)(H,35,39)/t20-,24-,25-,26-/m0/s1. The number of nitrogens with one attached hydrogen (secondary N) is 4. The Hall–Kier alpha value is -3.40. The maximum absolute atomic E-state index is 13.6. The van der Waals surface area contributed by atoms with Gasteiger partial charge in [-0.3, -0.25) is 9.59 Å². The molecule has 0 bridgehead atoms. The summed E-state index contributed by atoms with van der Waals surface area (Å²) in [5.74, 6) is -0.474. The molecule has 3 amide bonds. The van der Waals surface area contributed by atoms with Crippen LogP contribution in [0.2, 0.25) is 0 Å². The van der Waals surface area contributed by atoms with Crippen LogP contribution in [0.1, 0.15) is 77.5 Å². The van der Waals surface area contributed by atoms with Crippen LogP contribution in [0, 0.1) is 5.92 Å². The molecule has 1 aromatic heterocycles. The molecule has 1 heterocycles. The summed E-state index contributed by atoms with van der Waals surface area (Å²) < 4.78 is 5.39. The van der Waals surface area contributed by atoms with Crippen molar-refractivity contribution in [2.45, 2.75) is 109 Å². The molecule has 5 N–H and O–H groups in total. The van der Waals surface area contributed by atoms with Crippen molar-refractivity contribution in [2.75, 3.05) is 0 Å². The molecule has 1 aliphatic rings. The van der Waals surface area contributed by atoms with Gasteiger partial charge in [0.2, 0.25) is 11.8 Å². The zero-order chi connectivity index (χ0) is 29.1. The molecule has 220 valence electrons. The summed E-state index contributed by atoms with van der Waals surface area (Å²) in [5.41, 5.74) is 0.769. The minimum absolute atomic E-state index is 0.165. The summed E-state index contributed by atoms with van der Waals surface area (Å²) >= 11 is 0. The minimum Gasteiger partial charge on any atom is -0.444 e. The van der Waals surface area contributed by atoms with Crippen LogP contribution in [-0.2, 0) is 27.2 Å². The van der Waals surface area contributed by atoms with Gasteiger partial charge in [0, 0.05) is 24.7 Å². The Morgan fingerprint density at radius 3 is 2.25 bits per heavy atom. The van der Waals surface area contributed by atoms with Crippen LogP contribution in [0.5, 0.6) is 0 Å². The van der Waals surface area contributed by atoms with Crippen molar-refractivity contribution in [3.63, 3.8) is 0 Å². The Balaban J connectivity index is 1.76. The third-order valence-electron chi connectivity index (χ3n) is 7.12. The van der Waals surface area contributed by atoms with E-state index in [1.807, 2.05) is 30.3 Å². The van der Waals surface area contributed by atoms with Crippen LogP contribution < -0.4 is 16.0 Å². The van der Waals surface area contributed by atoms with E-state index >= 15 is 0 Å². The number of alkyl carbamates (subject to hydrolysis) is 1. The van der Waals surface area contributed by atoms with Crippen molar-refractivity contribution >= 4 is 17.9 Å². The second kappa shape index (κ2) is 14.8. The number of nitrogens with zero attached hydrogens (tertiary/aromatic N) is 1. The fraction of sp³-hybridized carbons (Fsp3) is 0.600. The molecule has 10 nitrogen and oxygen atoms in total. The van der Waals surface area contributed by atoms with Crippen LogP contribution >= 0.6 is 0 Å². The van der Waals surface area contributed by atoms with E-state index in [0.29, 0.717) is 18.0 Å². The lowest BCUT2D eigenvalue weighted by Gasteiger charge is -2.30. The number of benzene rings is 1. The number of carbonyl (C=O) groups is 3. The van der Waals surface area contributed by atoms with Crippen molar-refractivity contribution in [3.05, 3.63) is 54.1 Å². The number of aromatic amines is 1. The minimum atomic E-state index is -0.982. The first kappa shape index (κ1) is 31.1. The average Bonchev–Trinajstić information content (AvgIpc) is 3.40. The van der Waals surface area contributed by atoms with Gasteiger partial charge >= 0.3 is 6.09 Å². The molecule has 4 atom stereocenters. The highest BCUT2D eigenvalue weighted by Gasteiger charge is 2.31. The first-order valence-corrected chi connectivity index (χ1v) is 14.3. The van der Waals surface area contributed by atoms with Crippen molar-refractivity contribution < 1.29 is 24.2 Å². The Kier molecular flexibility index (Phi) is 11.5. The summed E-state index contributed by atoms with van der Waals surface area (Å²) in [6, 6.07) is 6.94. The number of ether oxygens (including phenoxy) is 1. The Morgan fingerprint density at radius 1 is 1.00 bits per heavy atom. The predicted molar refractivity (Wildman–Crippen MR) is 152 cm³/mol. The third kappa shape index (κ3) is 10.6. The normalized spacial score (nSPS) is 17.2. The largest absolute Gasteiger partial charge is 0.444 e. The fourth-order valence-electron chi connectivity index (χ4n) is 5.05.